The summed E-state index contributed by atoms with van der Waals surface area (Å²) in [5, 5.41) is 5.71. The Bertz CT molecular complexity index is 904. The molecular weight excluding hydrogens is 394 g/mol. The van der Waals surface area contributed by atoms with E-state index in [1.165, 1.54) is 13.2 Å². The summed E-state index contributed by atoms with van der Waals surface area (Å²) < 4.78 is 34.2. The third-order valence-electron chi connectivity index (χ3n) is 5.01. The standard InChI is InChI=1S/C22H24F2N2O4/c1-29-19-12-14(6-8-18(19)30-22(23)24)10-11-25-20(27)9-7-16-13-15-4-2-3-5-17(15)26-21(16)28/h2-6,8,12,16,22H,7,9-11,13H2,1H3,(H,25,27)(H,26,28). The number of nitrogens with one attached hydrogen (secondary N) is 2. The van der Waals surface area contributed by atoms with Crippen molar-refractivity contribution in [2.24, 2.45) is 5.92 Å². The van der Waals surface area contributed by atoms with Gasteiger partial charge in [-0.2, -0.15) is 8.78 Å². The molecule has 1 aliphatic heterocycles. The number of ether oxygens (including phenoxy) is 2. The molecule has 2 aromatic rings. The van der Waals surface area contributed by atoms with Crippen molar-refractivity contribution in [1.82, 2.24) is 5.32 Å². The summed E-state index contributed by atoms with van der Waals surface area (Å²) in [4.78, 5) is 24.4. The Morgan fingerprint density at radius 3 is 2.80 bits per heavy atom. The zero-order chi connectivity index (χ0) is 21.5. The van der Waals surface area contributed by atoms with Crippen LogP contribution in [-0.2, 0) is 22.4 Å². The first-order chi connectivity index (χ1) is 14.5. The van der Waals surface area contributed by atoms with Gasteiger partial charge in [0.2, 0.25) is 11.8 Å². The summed E-state index contributed by atoms with van der Waals surface area (Å²) in [6.45, 7) is -2.54. The molecule has 1 heterocycles. The van der Waals surface area contributed by atoms with Crippen LogP contribution in [0.4, 0.5) is 14.5 Å². The number of amides is 2. The molecule has 2 N–H and O–H groups in total. The van der Waals surface area contributed by atoms with E-state index in [1.807, 2.05) is 24.3 Å². The van der Waals surface area contributed by atoms with Crippen molar-refractivity contribution in [1.29, 1.82) is 0 Å². The lowest BCUT2D eigenvalue weighted by Gasteiger charge is -2.24. The highest BCUT2D eigenvalue weighted by Crippen LogP contribution is 2.30. The van der Waals surface area contributed by atoms with Gasteiger partial charge in [0.05, 0.1) is 7.11 Å². The van der Waals surface area contributed by atoms with Gasteiger partial charge in [-0.3, -0.25) is 9.59 Å². The average Bonchev–Trinajstić information content (AvgIpc) is 2.72. The van der Waals surface area contributed by atoms with Gasteiger partial charge in [-0.1, -0.05) is 24.3 Å². The molecule has 0 saturated heterocycles. The lowest BCUT2D eigenvalue weighted by molar-refractivity contribution is -0.122. The van der Waals surface area contributed by atoms with Crippen LogP contribution in [0.5, 0.6) is 11.5 Å². The van der Waals surface area contributed by atoms with E-state index in [-0.39, 0.29) is 35.7 Å². The second-order valence-corrected chi connectivity index (χ2v) is 7.05. The maximum atomic E-state index is 12.4. The molecule has 3 rings (SSSR count). The van der Waals surface area contributed by atoms with Gasteiger partial charge in [0.15, 0.2) is 11.5 Å². The zero-order valence-corrected chi connectivity index (χ0v) is 16.6. The summed E-state index contributed by atoms with van der Waals surface area (Å²) in [6.07, 6.45) is 1.86. The van der Waals surface area contributed by atoms with E-state index in [0.29, 0.717) is 25.8 Å². The molecule has 0 radical (unpaired) electrons. The smallest absolute Gasteiger partial charge is 0.387 e. The van der Waals surface area contributed by atoms with Gasteiger partial charge in [-0.15, -0.1) is 0 Å². The lowest BCUT2D eigenvalue weighted by atomic mass is 9.89. The Morgan fingerprint density at radius 1 is 1.23 bits per heavy atom. The van der Waals surface area contributed by atoms with Gasteiger partial charge in [0.25, 0.3) is 0 Å². The van der Waals surface area contributed by atoms with Crippen LogP contribution in [0.1, 0.15) is 24.0 Å². The van der Waals surface area contributed by atoms with Crippen molar-refractivity contribution >= 4 is 17.5 Å². The molecule has 160 valence electrons. The highest BCUT2D eigenvalue weighted by molar-refractivity contribution is 5.96. The Hall–Kier alpha value is -3.16. The average molecular weight is 418 g/mol. The number of hydrogen-bond donors (Lipinski definition) is 2. The summed E-state index contributed by atoms with van der Waals surface area (Å²) in [5.74, 6) is -0.237. The number of fused-ring (bicyclic) bond motifs is 1. The normalized spacial score (nSPS) is 15.3. The van der Waals surface area contributed by atoms with Gasteiger partial charge >= 0.3 is 6.61 Å². The predicted octanol–water partition coefficient (Wildman–Crippen LogP) is 3.55. The summed E-state index contributed by atoms with van der Waals surface area (Å²) in [7, 11) is 1.37. The monoisotopic (exact) mass is 418 g/mol. The first-order valence-electron chi connectivity index (χ1n) is 9.73. The van der Waals surface area contributed by atoms with Crippen LogP contribution < -0.4 is 20.1 Å². The van der Waals surface area contributed by atoms with Crippen molar-refractivity contribution in [2.75, 3.05) is 19.0 Å². The number of para-hydroxylation sites is 1. The van der Waals surface area contributed by atoms with Crippen LogP contribution in [0.25, 0.3) is 0 Å². The van der Waals surface area contributed by atoms with Gasteiger partial charge in [-0.05, 0) is 48.6 Å². The van der Waals surface area contributed by atoms with Crippen LogP contribution in [0.2, 0.25) is 0 Å². The van der Waals surface area contributed by atoms with Crippen molar-refractivity contribution in [2.45, 2.75) is 32.3 Å². The maximum Gasteiger partial charge on any atom is 0.387 e. The fourth-order valence-electron chi connectivity index (χ4n) is 3.45. The molecule has 2 aromatic carbocycles. The van der Waals surface area contributed by atoms with Crippen LogP contribution in [-0.4, -0.2) is 32.1 Å². The number of alkyl halides is 2. The maximum absolute atomic E-state index is 12.4. The van der Waals surface area contributed by atoms with Gasteiger partial charge in [0.1, 0.15) is 0 Å². The molecule has 0 aliphatic carbocycles. The molecule has 6 nitrogen and oxygen atoms in total. The summed E-state index contributed by atoms with van der Waals surface area (Å²) >= 11 is 0. The second-order valence-electron chi connectivity index (χ2n) is 7.05. The molecule has 1 aliphatic rings. The molecule has 0 aromatic heterocycles. The number of carbonyl (C=O) groups is 2. The second kappa shape index (κ2) is 10.0. The van der Waals surface area contributed by atoms with E-state index in [4.69, 9.17) is 4.74 Å². The fourth-order valence-corrected chi connectivity index (χ4v) is 3.45. The van der Waals surface area contributed by atoms with Gasteiger partial charge in [0, 0.05) is 24.6 Å². The number of carbonyl (C=O) groups excluding carboxylic acids is 2. The van der Waals surface area contributed by atoms with E-state index in [2.05, 4.69) is 15.4 Å². The van der Waals surface area contributed by atoms with Crippen LogP contribution in [0.3, 0.4) is 0 Å². The third kappa shape index (κ3) is 5.68. The summed E-state index contributed by atoms with van der Waals surface area (Å²) in [6, 6.07) is 12.3. The molecule has 0 fully saturated rings. The third-order valence-corrected chi connectivity index (χ3v) is 5.01. The molecular formula is C22H24F2N2O4. The molecule has 0 bridgehead atoms. The zero-order valence-electron chi connectivity index (χ0n) is 16.6. The van der Waals surface area contributed by atoms with Crippen LogP contribution >= 0.6 is 0 Å². The first-order valence-corrected chi connectivity index (χ1v) is 9.73. The van der Waals surface area contributed by atoms with E-state index in [1.54, 1.807) is 12.1 Å². The highest BCUT2D eigenvalue weighted by atomic mass is 19.3. The molecule has 1 unspecified atom stereocenters. The first kappa shape index (κ1) is 21.5. The number of halogens is 2. The van der Waals surface area contributed by atoms with E-state index < -0.39 is 6.61 Å². The van der Waals surface area contributed by atoms with E-state index in [9.17, 15) is 18.4 Å². The van der Waals surface area contributed by atoms with Gasteiger partial charge < -0.3 is 20.1 Å². The predicted molar refractivity (Wildman–Crippen MR) is 108 cm³/mol. The number of methoxy groups -OCH3 is 1. The van der Waals surface area contributed by atoms with Gasteiger partial charge in [-0.25, -0.2) is 0 Å². The van der Waals surface area contributed by atoms with E-state index in [0.717, 1.165) is 16.8 Å². The van der Waals surface area contributed by atoms with Crippen molar-refractivity contribution < 1.29 is 27.8 Å². The molecule has 1 atom stereocenters. The molecule has 8 heteroatoms. The van der Waals surface area contributed by atoms with Crippen molar-refractivity contribution in [3.63, 3.8) is 0 Å². The largest absolute Gasteiger partial charge is 0.493 e. The molecule has 2 amide bonds. The van der Waals surface area contributed by atoms with Crippen molar-refractivity contribution in [3.05, 3.63) is 53.6 Å². The number of hydrogen-bond acceptors (Lipinski definition) is 4. The molecule has 0 saturated carbocycles. The Kier molecular flexibility index (Phi) is 7.21. The number of anilines is 1. The number of rotatable bonds is 9. The lowest BCUT2D eigenvalue weighted by Crippen LogP contribution is -2.32. The molecule has 0 spiro atoms. The highest BCUT2D eigenvalue weighted by Gasteiger charge is 2.26. The summed E-state index contributed by atoms with van der Waals surface area (Å²) in [5.41, 5.74) is 2.73. The minimum absolute atomic E-state index is 0.0346. The topological polar surface area (TPSA) is 76.7 Å². The van der Waals surface area contributed by atoms with Crippen molar-refractivity contribution in [3.8, 4) is 11.5 Å². The van der Waals surface area contributed by atoms with Crippen LogP contribution in [0.15, 0.2) is 42.5 Å². The molecule has 30 heavy (non-hydrogen) atoms. The number of benzene rings is 2. The SMILES string of the molecule is COc1cc(CCNC(=O)CCC2Cc3ccccc3NC2=O)ccc1OC(F)F. The van der Waals surface area contributed by atoms with E-state index >= 15 is 0 Å². The minimum Gasteiger partial charge on any atom is -0.493 e. The quantitative estimate of drug-likeness (QED) is 0.653. The van der Waals surface area contributed by atoms with Crippen LogP contribution in [0, 0.1) is 5.92 Å². The Balaban J connectivity index is 1.44. The Labute approximate surface area is 173 Å². The Morgan fingerprint density at radius 2 is 2.03 bits per heavy atom. The minimum atomic E-state index is -2.93. The fraction of sp³-hybridized carbons (Fsp3) is 0.364.